The molecule has 37 heavy (non-hydrogen) atoms. The molecule has 0 unspecified atom stereocenters. The van der Waals surface area contributed by atoms with Crippen LogP contribution >= 0.6 is 23.2 Å². The van der Waals surface area contributed by atoms with Gasteiger partial charge >= 0.3 is 0 Å². The third-order valence-corrected chi connectivity index (χ3v) is 5.80. The van der Waals surface area contributed by atoms with E-state index in [1.165, 1.54) is 16.7 Å². The highest BCUT2D eigenvalue weighted by atomic mass is 35.5. The molecule has 1 fully saturated rings. The van der Waals surface area contributed by atoms with E-state index in [1.54, 1.807) is 0 Å². The molecular weight excluding hydrogens is 501 g/mol. The largest absolute Gasteiger partial charge is 0.396 e. The normalized spacial score (nSPS) is 12.3. The first kappa shape index (κ1) is 34.9. The molecule has 4 nitrogen and oxygen atoms in total. The van der Waals surface area contributed by atoms with Gasteiger partial charge in [-0.3, -0.25) is 4.90 Å². The Balaban J connectivity index is 0.000000518. The summed E-state index contributed by atoms with van der Waals surface area (Å²) in [6.07, 6.45) is 0.875. The van der Waals surface area contributed by atoms with Crippen LogP contribution < -0.4 is 10.6 Å². The van der Waals surface area contributed by atoms with Crippen molar-refractivity contribution < 1.29 is 5.11 Å². The molecule has 1 saturated heterocycles. The van der Waals surface area contributed by atoms with E-state index >= 15 is 0 Å². The van der Waals surface area contributed by atoms with Gasteiger partial charge in [-0.1, -0.05) is 104 Å². The average Bonchev–Trinajstić information content (AvgIpc) is 2.93. The molecule has 0 atom stereocenters. The smallest absolute Gasteiger partial charge is 0.0642 e. The first-order valence-corrected chi connectivity index (χ1v) is 13.8. The lowest BCUT2D eigenvalue weighted by Crippen LogP contribution is -2.48. The minimum atomic E-state index is 0.319. The number of hydrogen-bond acceptors (Lipinski definition) is 4. The van der Waals surface area contributed by atoms with Crippen LogP contribution in [-0.2, 0) is 0 Å². The van der Waals surface area contributed by atoms with Crippen molar-refractivity contribution in [3.63, 3.8) is 0 Å². The Bertz CT molecular complexity index is 906. The summed E-state index contributed by atoms with van der Waals surface area (Å²) in [7, 11) is 0. The summed E-state index contributed by atoms with van der Waals surface area (Å²) in [4.78, 5) is 4.58. The second-order valence-electron chi connectivity index (χ2n) is 8.42. The molecule has 0 aromatic heterocycles. The lowest BCUT2D eigenvalue weighted by atomic mass is 10.2. The lowest BCUT2D eigenvalue weighted by molar-refractivity contribution is 0.265. The molecule has 3 aromatic carbocycles. The second kappa shape index (κ2) is 22.0. The van der Waals surface area contributed by atoms with Crippen LogP contribution in [0.3, 0.4) is 0 Å². The first-order chi connectivity index (χ1) is 17.8. The van der Waals surface area contributed by atoms with Crippen LogP contribution in [0.1, 0.15) is 43.9 Å². The van der Waals surface area contributed by atoms with Crippen molar-refractivity contribution in [3.05, 3.63) is 99.5 Å². The van der Waals surface area contributed by atoms with Gasteiger partial charge in [-0.15, -0.1) is 0 Å². The molecule has 0 aliphatic carbocycles. The van der Waals surface area contributed by atoms with Gasteiger partial charge in [0.1, 0.15) is 0 Å². The van der Waals surface area contributed by atoms with Gasteiger partial charge in [-0.25, -0.2) is 0 Å². The zero-order valence-corrected chi connectivity index (χ0v) is 25.1. The van der Waals surface area contributed by atoms with E-state index in [-0.39, 0.29) is 0 Å². The topological polar surface area (TPSA) is 52.7 Å². The van der Waals surface area contributed by atoms with Gasteiger partial charge in [0.25, 0.3) is 0 Å². The van der Waals surface area contributed by atoms with Gasteiger partial charge in [0.15, 0.2) is 0 Å². The van der Waals surface area contributed by atoms with Crippen molar-refractivity contribution in [1.82, 2.24) is 4.90 Å². The second-order valence-corrected chi connectivity index (χ2v) is 9.26. The van der Waals surface area contributed by atoms with Crippen LogP contribution in [0.2, 0.25) is 10.0 Å². The molecule has 1 aliphatic heterocycles. The van der Waals surface area contributed by atoms with E-state index in [0.717, 1.165) is 48.3 Å². The van der Waals surface area contributed by atoms with Crippen molar-refractivity contribution in [2.24, 2.45) is 5.73 Å². The number of hydrogen-bond donors (Lipinski definition) is 2. The van der Waals surface area contributed by atoms with E-state index in [1.807, 2.05) is 57.2 Å². The third kappa shape index (κ3) is 16.4. The fraction of sp³-hybridized carbons (Fsp3) is 0.419. The molecule has 1 aliphatic rings. The van der Waals surface area contributed by atoms with E-state index in [9.17, 15) is 0 Å². The molecule has 0 radical (unpaired) electrons. The van der Waals surface area contributed by atoms with Crippen molar-refractivity contribution in [3.8, 4) is 0 Å². The highest BCUT2D eigenvalue weighted by Gasteiger charge is 2.17. The Morgan fingerprint density at radius 1 is 0.757 bits per heavy atom. The summed E-state index contributed by atoms with van der Waals surface area (Å²) in [5.41, 5.74) is 10.6. The molecule has 3 N–H and O–H groups in total. The van der Waals surface area contributed by atoms with Crippen LogP contribution in [0, 0.1) is 20.8 Å². The lowest BCUT2D eigenvalue weighted by Gasteiger charge is -2.35. The predicted octanol–water partition coefficient (Wildman–Crippen LogP) is 7.74. The predicted molar refractivity (Wildman–Crippen MR) is 165 cm³/mol. The quantitative estimate of drug-likeness (QED) is 0.352. The highest BCUT2D eigenvalue weighted by molar-refractivity contribution is 6.33. The number of anilines is 1. The fourth-order valence-corrected chi connectivity index (χ4v) is 3.59. The van der Waals surface area contributed by atoms with Gasteiger partial charge < -0.3 is 15.7 Å². The van der Waals surface area contributed by atoms with Gasteiger partial charge in [0, 0.05) is 44.5 Å². The summed E-state index contributed by atoms with van der Waals surface area (Å²) >= 11 is 11.8. The fourth-order valence-electron chi connectivity index (χ4n) is 3.09. The summed E-state index contributed by atoms with van der Waals surface area (Å²) in [6, 6.07) is 24.2. The first-order valence-electron chi connectivity index (χ1n) is 13.1. The van der Waals surface area contributed by atoms with E-state index in [0.29, 0.717) is 13.3 Å². The van der Waals surface area contributed by atoms with Crippen molar-refractivity contribution in [2.45, 2.75) is 48.0 Å². The number of halogens is 2. The minimum absolute atomic E-state index is 0.319. The van der Waals surface area contributed by atoms with Crippen LogP contribution in [0.15, 0.2) is 72.8 Å². The average molecular weight is 549 g/mol. The summed E-state index contributed by atoms with van der Waals surface area (Å²) < 4.78 is 0. The van der Waals surface area contributed by atoms with Crippen molar-refractivity contribution in [1.29, 1.82) is 0 Å². The maximum atomic E-state index is 7.88. The van der Waals surface area contributed by atoms with Crippen LogP contribution in [-0.4, -0.2) is 49.5 Å². The zero-order valence-electron chi connectivity index (χ0n) is 23.6. The number of nitrogens with zero attached hydrogens (tertiary/aromatic N) is 2. The van der Waals surface area contributed by atoms with Crippen molar-refractivity contribution >= 4 is 28.9 Å². The molecule has 1 heterocycles. The maximum Gasteiger partial charge on any atom is 0.0642 e. The van der Waals surface area contributed by atoms with Gasteiger partial charge in [-0.05, 0) is 57.0 Å². The molecule has 0 bridgehead atoms. The number of nitrogens with two attached hydrogens (primary N) is 1. The summed E-state index contributed by atoms with van der Waals surface area (Å²) in [5, 5.41) is 9.52. The Morgan fingerprint density at radius 2 is 1.22 bits per heavy atom. The van der Waals surface area contributed by atoms with E-state index in [2.05, 4.69) is 67.0 Å². The molecule has 3 aromatic rings. The molecular formula is C31H47Cl2N3O. The van der Waals surface area contributed by atoms with Crippen LogP contribution in [0.5, 0.6) is 0 Å². The number of aliphatic hydroxyl groups excluding tert-OH is 1. The van der Waals surface area contributed by atoms with Crippen molar-refractivity contribution in [2.75, 3.05) is 44.4 Å². The number of aryl methyl sites for hydroxylation is 3. The Morgan fingerprint density at radius 3 is 1.57 bits per heavy atom. The standard InChI is InChI=1S/C12H18ClN3.C8H10.C6H5Cl.C3H8O.C2H6/c1-10-2-3-12(11(13)8-10)16-6-4-15(9-14)5-7-16;1-7-3-5-8(2)6-4-7;7-6-4-2-1-3-5-6;1-2-3-4;1-2/h2-3,8H,4-7,9,14H2,1H3;3-6H,1-2H3;1-5H;4H,2-3H2,1H3;1-2H3. The molecule has 4 rings (SSSR count). The number of aliphatic hydroxyl groups is 1. The summed E-state index contributed by atoms with van der Waals surface area (Å²) in [6.45, 7) is 17.2. The monoisotopic (exact) mass is 547 g/mol. The molecule has 0 spiro atoms. The molecule has 206 valence electrons. The Hall–Kier alpha value is -2.08. The Labute approximate surface area is 236 Å². The number of benzene rings is 3. The SMILES string of the molecule is CC.CCCO.Cc1ccc(C)cc1.Cc1ccc(N2CCN(CN)CC2)c(Cl)c1.Clc1ccccc1. The van der Waals surface area contributed by atoms with E-state index in [4.69, 9.17) is 34.0 Å². The minimum Gasteiger partial charge on any atom is -0.396 e. The van der Waals surface area contributed by atoms with Crippen LogP contribution in [0.25, 0.3) is 0 Å². The highest BCUT2D eigenvalue weighted by Crippen LogP contribution is 2.27. The molecule has 0 amide bonds. The molecule has 0 saturated carbocycles. The maximum absolute atomic E-state index is 7.88. The van der Waals surface area contributed by atoms with Gasteiger partial charge in [0.05, 0.1) is 10.7 Å². The molecule has 6 heteroatoms. The van der Waals surface area contributed by atoms with Gasteiger partial charge in [0.2, 0.25) is 0 Å². The number of rotatable bonds is 3. The third-order valence-electron chi connectivity index (χ3n) is 5.25. The number of piperazine rings is 1. The zero-order chi connectivity index (χ0) is 28.1. The van der Waals surface area contributed by atoms with Gasteiger partial charge in [-0.2, -0.15) is 0 Å². The van der Waals surface area contributed by atoms with Crippen LogP contribution in [0.4, 0.5) is 5.69 Å². The Kier molecular flexibility index (Phi) is 20.7. The van der Waals surface area contributed by atoms with E-state index < -0.39 is 0 Å². The summed E-state index contributed by atoms with van der Waals surface area (Å²) in [5.74, 6) is 0.